The van der Waals surface area contributed by atoms with Crippen molar-refractivity contribution in [3.05, 3.63) is 44.3 Å². The summed E-state index contributed by atoms with van der Waals surface area (Å²) in [6.45, 7) is 3.96. The number of rotatable bonds is 1. The lowest BCUT2D eigenvalue weighted by atomic mass is 10.1. The molecule has 1 aromatic heterocycles. The van der Waals surface area contributed by atoms with Crippen LogP contribution in [0.2, 0.25) is 0 Å². The number of aryl methyl sites for hydroxylation is 2. The molecule has 0 unspecified atom stereocenters. The number of nitrogens with zero attached hydrogens (tertiary/aromatic N) is 1. The maximum Gasteiger partial charge on any atom is 0.442 e. The largest absolute Gasteiger partial charge is 0.442 e. The van der Waals surface area contributed by atoms with E-state index >= 15 is 0 Å². The highest BCUT2D eigenvalue weighted by molar-refractivity contribution is 9.10. The van der Waals surface area contributed by atoms with E-state index in [9.17, 15) is 4.79 Å². The maximum absolute atomic E-state index is 11.2. The molecule has 0 spiro atoms. The Hall–Kier alpha value is -1.36. The summed E-state index contributed by atoms with van der Waals surface area (Å²) < 4.78 is 6.65. The van der Waals surface area contributed by atoms with Crippen LogP contribution in [-0.4, -0.2) is 5.27 Å². The van der Waals surface area contributed by atoms with Gasteiger partial charge in [-0.05, 0) is 23.8 Å². The number of H-pyrrole nitrogens is 1. The molecule has 0 aliphatic rings. The second kappa shape index (κ2) is 3.66. The molecule has 0 radical (unpaired) electrons. The van der Waals surface area contributed by atoms with Gasteiger partial charge in [-0.25, -0.2) is 4.79 Å². The van der Waals surface area contributed by atoms with Crippen LogP contribution in [0.15, 0.2) is 32.1 Å². The number of benzene rings is 1. The number of aromatic amines is 1. The summed E-state index contributed by atoms with van der Waals surface area (Å²) in [7, 11) is 0. The van der Waals surface area contributed by atoms with Crippen molar-refractivity contribution in [1.29, 1.82) is 0 Å². The lowest BCUT2D eigenvalue weighted by Gasteiger charge is -1.99. The molecule has 0 atom stereocenters. The molecular formula is C10H10BrN2O2+. The number of hydrogen-bond donors (Lipinski definition) is 1. The van der Waals surface area contributed by atoms with Crippen LogP contribution in [0.25, 0.3) is 5.69 Å². The molecule has 1 heterocycles. The van der Waals surface area contributed by atoms with Crippen molar-refractivity contribution >= 4 is 15.9 Å². The Bertz CT molecular complexity index is 537. The molecule has 0 bridgehead atoms. The Labute approximate surface area is 94.6 Å². The number of nitrogens with one attached hydrogen (secondary N) is 1. The second-order valence-electron chi connectivity index (χ2n) is 3.35. The van der Waals surface area contributed by atoms with Gasteiger partial charge in [0, 0.05) is 27.1 Å². The van der Waals surface area contributed by atoms with Crippen LogP contribution in [0.1, 0.15) is 11.1 Å². The van der Waals surface area contributed by atoms with Crippen LogP contribution >= 0.6 is 15.9 Å². The minimum absolute atomic E-state index is 0.361. The van der Waals surface area contributed by atoms with E-state index in [-0.39, 0.29) is 0 Å². The first-order valence-corrected chi connectivity index (χ1v) is 5.26. The molecule has 0 aliphatic carbocycles. The van der Waals surface area contributed by atoms with Crippen LogP contribution in [0.5, 0.6) is 0 Å². The number of hydrogen-bond acceptors (Lipinski definition) is 2. The minimum atomic E-state index is -0.419. The molecule has 5 heteroatoms. The lowest BCUT2D eigenvalue weighted by molar-refractivity contribution is -0.681. The van der Waals surface area contributed by atoms with Gasteiger partial charge in [0.15, 0.2) is 0 Å². The minimum Gasteiger partial charge on any atom is -0.282 e. The molecule has 0 amide bonds. The van der Waals surface area contributed by atoms with E-state index in [4.69, 9.17) is 4.52 Å². The van der Waals surface area contributed by atoms with Crippen molar-refractivity contribution in [3.63, 3.8) is 0 Å². The molecule has 0 saturated heterocycles. The quantitative estimate of drug-likeness (QED) is 0.800. The first kappa shape index (κ1) is 10.2. The van der Waals surface area contributed by atoms with E-state index in [2.05, 4.69) is 21.2 Å². The summed E-state index contributed by atoms with van der Waals surface area (Å²) in [6.07, 6.45) is 0. The highest BCUT2D eigenvalue weighted by Gasteiger charge is 2.23. The van der Waals surface area contributed by atoms with Gasteiger partial charge in [0.1, 0.15) is 0 Å². The molecule has 0 aliphatic heterocycles. The predicted molar refractivity (Wildman–Crippen MR) is 58.0 cm³/mol. The van der Waals surface area contributed by atoms with E-state index in [0.29, 0.717) is 4.60 Å². The Balaban J connectivity index is 2.74. The molecule has 0 saturated carbocycles. The van der Waals surface area contributed by atoms with Gasteiger partial charge in [-0.3, -0.25) is 4.52 Å². The monoisotopic (exact) mass is 269 g/mol. The third-order valence-electron chi connectivity index (χ3n) is 2.26. The van der Waals surface area contributed by atoms with Gasteiger partial charge in [0.25, 0.3) is 0 Å². The summed E-state index contributed by atoms with van der Waals surface area (Å²) in [6, 6.07) is 5.93. The Morgan fingerprint density at radius 1 is 1.33 bits per heavy atom. The number of para-hydroxylation sites is 1. The Kier molecular flexibility index (Phi) is 2.48. The second-order valence-corrected chi connectivity index (χ2v) is 4.10. The topological polar surface area (TPSA) is 49.9 Å². The molecule has 78 valence electrons. The van der Waals surface area contributed by atoms with Crippen molar-refractivity contribution in [2.24, 2.45) is 0 Å². The van der Waals surface area contributed by atoms with Crippen LogP contribution in [-0.2, 0) is 0 Å². The van der Waals surface area contributed by atoms with Crippen LogP contribution in [0, 0.1) is 13.8 Å². The number of aromatic nitrogens is 2. The van der Waals surface area contributed by atoms with Crippen molar-refractivity contribution in [1.82, 2.24) is 5.27 Å². The predicted octanol–water partition coefficient (Wildman–Crippen LogP) is 1.62. The highest BCUT2D eigenvalue weighted by atomic mass is 79.9. The van der Waals surface area contributed by atoms with Crippen molar-refractivity contribution in [2.75, 3.05) is 0 Å². The molecule has 1 N–H and O–H groups in total. The van der Waals surface area contributed by atoms with Crippen LogP contribution < -0.4 is 10.3 Å². The summed E-state index contributed by atoms with van der Waals surface area (Å²) in [5, 5.41) is 2.55. The van der Waals surface area contributed by atoms with Crippen LogP contribution in [0.3, 0.4) is 0 Å². The average molecular weight is 270 g/mol. The fourth-order valence-electron chi connectivity index (χ4n) is 1.56. The summed E-state index contributed by atoms with van der Waals surface area (Å²) in [4.78, 5) is 11.2. The number of halogens is 1. The fourth-order valence-corrected chi connectivity index (χ4v) is 1.89. The van der Waals surface area contributed by atoms with Gasteiger partial charge in [0.2, 0.25) is 5.69 Å². The third-order valence-corrected chi connectivity index (χ3v) is 2.94. The van der Waals surface area contributed by atoms with Gasteiger partial charge in [-0.2, -0.15) is 0 Å². The zero-order chi connectivity index (χ0) is 11.0. The van der Waals surface area contributed by atoms with Crippen molar-refractivity contribution in [3.8, 4) is 5.69 Å². The van der Waals surface area contributed by atoms with Gasteiger partial charge < -0.3 is 0 Å². The Morgan fingerprint density at radius 3 is 2.40 bits per heavy atom. The lowest BCUT2D eigenvalue weighted by Crippen LogP contribution is -2.36. The molecule has 2 rings (SSSR count). The SMILES string of the molecule is Cc1cccc(C)c1-[n+]1[nH]oc(=O)c1Br. The van der Waals surface area contributed by atoms with Crippen LogP contribution in [0.4, 0.5) is 0 Å². The summed E-state index contributed by atoms with van der Waals surface area (Å²) in [5.74, 6) is 0. The van der Waals surface area contributed by atoms with E-state index in [0.717, 1.165) is 16.8 Å². The maximum atomic E-state index is 11.2. The van der Waals surface area contributed by atoms with E-state index in [1.165, 1.54) is 0 Å². The summed E-state index contributed by atoms with van der Waals surface area (Å²) >= 11 is 3.18. The van der Waals surface area contributed by atoms with E-state index in [1.807, 2.05) is 32.0 Å². The Morgan fingerprint density at radius 2 is 1.93 bits per heavy atom. The molecule has 0 fully saturated rings. The zero-order valence-electron chi connectivity index (χ0n) is 8.37. The van der Waals surface area contributed by atoms with Gasteiger partial charge >= 0.3 is 10.2 Å². The normalized spacial score (nSPS) is 10.6. The summed E-state index contributed by atoms with van der Waals surface area (Å²) in [5.41, 5.74) is 2.64. The highest BCUT2D eigenvalue weighted by Crippen LogP contribution is 2.13. The molecular weight excluding hydrogens is 260 g/mol. The van der Waals surface area contributed by atoms with Gasteiger partial charge in [-0.1, -0.05) is 18.2 Å². The third kappa shape index (κ3) is 1.63. The van der Waals surface area contributed by atoms with Gasteiger partial charge in [-0.15, -0.1) is 0 Å². The van der Waals surface area contributed by atoms with E-state index < -0.39 is 5.63 Å². The zero-order valence-corrected chi connectivity index (χ0v) is 9.96. The smallest absolute Gasteiger partial charge is 0.282 e. The van der Waals surface area contributed by atoms with E-state index in [1.54, 1.807) is 4.68 Å². The molecule has 2 aromatic rings. The van der Waals surface area contributed by atoms with Gasteiger partial charge in [0.05, 0.1) is 0 Å². The average Bonchev–Trinajstić information content (AvgIpc) is 2.49. The standard InChI is InChI=1S/C10H9BrN2O2/c1-6-4-3-5-7(2)8(6)13-9(11)10(14)15-12-13/h3-5H,1-2H3/p+1. The molecule has 4 nitrogen and oxygen atoms in total. The van der Waals surface area contributed by atoms with Crippen molar-refractivity contribution in [2.45, 2.75) is 13.8 Å². The molecule has 15 heavy (non-hydrogen) atoms. The first-order valence-electron chi connectivity index (χ1n) is 4.47. The molecule has 1 aromatic carbocycles. The first-order chi connectivity index (χ1) is 7.11. The fraction of sp³-hybridized carbons (Fsp3) is 0.200. The van der Waals surface area contributed by atoms with Crippen molar-refractivity contribution < 1.29 is 9.20 Å².